The molecule has 0 bridgehead atoms. The quantitative estimate of drug-likeness (QED) is 0.657. The van der Waals surface area contributed by atoms with Crippen molar-refractivity contribution >= 4 is 6.29 Å². The molecule has 0 N–H and O–H groups in total. The third-order valence-corrected chi connectivity index (χ3v) is 3.51. The molecule has 0 aliphatic carbocycles. The van der Waals surface area contributed by atoms with E-state index in [1.54, 1.807) is 4.68 Å². The van der Waals surface area contributed by atoms with Crippen LogP contribution in [-0.4, -0.2) is 27.9 Å². The van der Waals surface area contributed by atoms with E-state index in [9.17, 15) is 4.79 Å². The Morgan fingerprint density at radius 2 is 1.83 bits per heavy atom. The number of carbonyl (C=O) groups excluding carboxylic acids is 1. The molecule has 0 aliphatic rings. The number of ether oxygens (including phenoxy) is 1. The Kier molecular flexibility index (Phi) is 4.47. The molecule has 0 spiro atoms. The zero-order valence-corrected chi connectivity index (χ0v) is 12.8. The van der Waals surface area contributed by atoms with E-state index in [4.69, 9.17) is 4.74 Å². The lowest BCUT2D eigenvalue weighted by molar-refractivity contribution is 0.111. The average Bonchev–Trinajstić information content (AvgIpc) is 2.99. The van der Waals surface area contributed by atoms with Gasteiger partial charge in [-0.1, -0.05) is 47.7 Å². The van der Waals surface area contributed by atoms with Crippen LogP contribution in [0.2, 0.25) is 0 Å². The van der Waals surface area contributed by atoms with Gasteiger partial charge in [-0.3, -0.25) is 4.79 Å². The van der Waals surface area contributed by atoms with Gasteiger partial charge in [0.05, 0.1) is 12.3 Å². The second-order valence-corrected chi connectivity index (χ2v) is 5.01. The molecule has 0 unspecified atom stereocenters. The maximum Gasteiger partial charge on any atom is 0.172 e. The van der Waals surface area contributed by atoms with Gasteiger partial charge in [0.1, 0.15) is 17.1 Å². The van der Waals surface area contributed by atoms with Crippen LogP contribution in [0, 0.1) is 0 Å². The second kappa shape index (κ2) is 6.87. The van der Waals surface area contributed by atoms with E-state index in [1.807, 2.05) is 61.5 Å². The highest BCUT2D eigenvalue weighted by atomic mass is 16.5. The lowest BCUT2D eigenvalue weighted by atomic mass is 10.1. The van der Waals surface area contributed by atoms with Crippen molar-refractivity contribution in [2.75, 3.05) is 6.61 Å². The number of carbonyl (C=O) groups is 1. The van der Waals surface area contributed by atoms with E-state index in [2.05, 4.69) is 10.3 Å². The lowest BCUT2D eigenvalue weighted by Gasteiger charge is -2.12. The largest absolute Gasteiger partial charge is 0.492 e. The van der Waals surface area contributed by atoms with Crippen LogP contribution in [0.25, 0.3) is 5.69 Å². The summed E-state index contributed by atoms with van der Waals surface area (Å²) >= 11 is 0. The van der Waals surface area contributed by atoms with Crippen LogP contribution in [0.5, 0.6) is 5.75 Å². The van der Waals surface area contributed by atoms with E-state index < -0.39 is 0 Å². The summed E-state index contributed by atoms with van der Waals surface area (Å²) in [6.45, 7) is 2.49. The normalized spacial score (nSPS) is 10.5. The predicted octanol–water partition coefficient (Wildman–Crippen LogP) is 3.07. The zero-order chi connectivity index (χ0) is 16.1. The number of rotatable bonds is 6. The number of nitrogens with zero attached hydrogens (tertiary/aromatic N) is 3. The van der Waals surface area contributed by atoms with Gasteiger partial charge in [0.25, 0.3) is 0 Å². The summed E-state index contributed by atoms with van der Waals surface area (Å²) in [6, 6.07) is 17.5. The first kappa shape index (κ1) is 15.0. The molecule has 5 heteroatoms. The summed E-state index contributed by atoms with van der Waals surface area (Å²) in [5.74, 6) is 0.715. The van der Waals surface area contributed by atoms with Gasteiger partial charge in [0.15, 0.2) is 6.29 Å². The van der Waals surface area contributed by atoms with E-state index in [1.165, 1.54) is 0 Å². The summed E-state index contributed by atoms with van der Waals surface area (Å²) in [5.41, 5.74) is 2.97. The first-order valence-corrected chi connectivity index (χ1v) is 7.49. The van der Waals surface area contributed by atoms with E-state index in [0.29, 0.717) is 24.5 Å². The first-order valence-electron chi connectivity index (χ1n) is 7.49. The molecule has 0 amide bonds. The summed E-state index contributed by atoms with van der Waals surface area (Å²) in [7, 11) is 0. The molecule has 0 radical (unpaired) electrons. The Hall–Kier alpha value is -2.95. The van der Waals surface area contributed by atoms with Crippen molar-refractivity contribution < 1.29 is 9.53 Å². The first-order chi connectivity index (χ1) is 11.3. The minimum atomic E-state index is 0.347. The molecular formula is C18H17N3O2. The van der Waals surface area contributed by atoms with Crippen molar-refractivity contribution in [3.8, 4) is 11.4 Å². The molecule has 1 heterocycles. The van der Waals surface area contributed by atoms with Crippen LogP contribution in [0.4, 0.5) is 0 Å². The van der Waals surface area contributed by atoms with Crippen molar-refractivity contribution in [2.24, 2.45) is 0 Å². The number of hydrogen-bond donors (Lipinski definition) is 0. The fourth-order valence-corrected chi connectivity index (χ4v) is 2.46. The predicted molar refractivity (Wildman–Crippen MR) is 87.2 cm³/mol. The molecule has 5 nitrogen and oxygen atoms in total. The molecule has 0 saturated carbocycles. The monoisotopic (exact) mass is 307 g/mol. The van der Waals surface area contributed by atoms with Crippen molar-refractivity contribution in [1.29, 1.82) is 0 Å². The SMILES string of the molecule is CCOc1ccccc1-n1nnc(C=O)c1Cc1ccccc1. The van der Waals surface area contributed by atoms with Gasteiger partial charge < -0.3 is 4.74 Å². The molecule has 3 aromatic rings. The fourth-order valence-electron chi connectivity index (χ4n) is 2.46. The molecule has 0 atom stereocenters. The fraction of sp³-hybridized carbons (Fsp3) is 0.167. The Labute approximate surface area is 134 Å². The van der Waals surface area contributed by atoms with Crippen LogP contribution >= 0.6 is 0 Å². The number of hydrogen-bond acceptors (Lipinski definition) is 4. The highest BCUT2D eigenvalue weighted by Crippen LogP contribution is 2.25. The zero-order valence-electron chi connectivity index (χ0n) is 12.8. The Balaban J connectivity index is 2.07. The average molecular weight is 307 g/mol. The molecule has 0 aliphatic heterocycles. The minimum absolute atomic E-state index is 0.347. The maximum atomic E-state index is 11.3. The summed E-state index contributed by atoms with van der Waals surface area (Å²) in [4.78, 5) is 11.3. The van der Waals surface area contributed by atoms with E-state index in [0.717, 1.165) is 23.2 Å². The summed E-state index contributed by atoms with van der Waals surface area (Å²) < 4.78 is 7.34. The van der Waals surface area contributed by atoms with E-state index >= 15 is 0 Å². The van der Waals surface area contributed by atoms with Crippen LogP contribution in [-0.2, 0) is 6.42 Å². The molecule has 2 aromatic carbocycles. The smallest absolute Gasteiger partial charge is 0.172 e. The third-order valence-electron chi connectivity index (χ3n) is 3.51. The van der Waals surface area contributed by atoms with Gasteiger partial charge in [-0.15, -0.1) is 5.10 Å². The molecule has 23 heavy (non-hydrogen) atoms. The van der Waals surface area contributed by atoms with Gasteiger partial charge in [0, 0.05) is 6.42 Å². The minimum Gasteiger partial charge on any atom is -0.492 e. The molecule has 3 rings (SSSR count). The highest BCUT2D eigenvalue weighted by molar-refractivity contribution is 5.74. The number of para-hydroxylation sites is 2. The maximum absolute atomic E-state index is 11.3. The number of aromatic nitrogens is 3. The van der Waals surface area contributed by atoms with Crippen LogP contribution in [0.1, 0.15) is 28.7 Å². The Morgan fingerprint density at radius 1 is 1.09 bits per heavy atom. The standard InChI is InChI=1S/C18H17N3O2/c1-2-23-18-11-7-6-10-16(18)21-17(15(13-22)19-20-21)12-14-8-4-3-5-9-14/h3-11,13H,2,12H2,1H3. The van der Waals surface area contributed by atoms with Crippen molar-refractivity contribution in [3.05, 3.63) is 71.5 Å². The molecule has 0 fully saturated rings. The second-order valence-electron chi connectivity index (χ2n) is 5.01. The molecule has 116 valence electrons. The van der Waals surface area contributed by atoms with Gasteiger partial charge in [-0.25, -0.2) is 4.68 Å². The third kappa shape index (κ3) is 3.13. The van der Waals surface area contributed by atoms with Crippen molar-refractivity contribution in [1.82, 2.24) is 15.0 Å². The van der Waals surface area contributed by atoms with Gasteiger partial charge in [-0.2, -0.15) is 0 Å². The van der Waals surface area contributed by atoms with Crippen LogP contribution in [0.3, 0.4) is 0 Å². The molecule has 0 saturated heterocycles. The van der Waals surface area contributed by atoms with Gasteiger partial charge in [0.2, 0.25) is 0 Å². The Morgan fingerprint density at radius 3 is 2.57 bits per heavy atom. The van der Waals surface area contributed by atoms with Crippen LogP contribution in [0.15, 0.2) is 54.6 Å². The summed E-state index contributed by atoms with van der Waals surface area (Å²) in [5, 5.41) is 8.15. The topological polar surface area (TPSA) is 57.0 Å². The van der Waals surface area contributed by atoms with E-state index in [-0.39, 0.29) is 0 Å². The number of benzene rings is 2. The number of aldehydes is 1. The van der Waals surface area contributed by atoms with Crippen LogP contribution < -0.4 is 4.74 Å². The molecular weight excluding hydrogens is 290 g/mol. The highest BCUT2D eigenvalue weighted by Gasteiger charge is 2.17. The van der Waals surface area contributed by atoms with Crippen molar-refractivity contribution in [3.63, 3.8) is 0 Å². The molecule has 1 aromatic heterocycles. The Bertz CT molecular complexity index is 797. The summed E-state index contributed by atoms with van der Waals surface area (Å²) in [6.07, 6.45) is 1.31. The van der Waals surface area contributed by atoms with Crippen molar-refractivity contribution in [2.45, 2.75) is 13.3 Å². The van der Waals surface area contributed by atoms with Gasteiger partial charge in [-0.05, 0) is 24.6 Å². The lowest BCUT2D eigenvalue weighted by Crippen LogP contribution is -2.07. The van der Waals surface area contributed by atoms with Gasteiger partial charge >= 0.3 is 0 Å².